The summed E-state index contributed by atoms with van der Waals surface area (Å²) in [4.78, 5) is 38.2. The molecule has 2 amide bonds. The van der Waals surface area contributed by atoms with E-state index in [0.29, 0.717) is 18.3 Å². The monoisotopic (exact) mass is 464 g/mol. The van der Waals surface area contributed by atoms with Gasteiger partial charge in [-0.15, -0.1) is 0 Å². The van der Waals surface area contributed by atoms with E-state index >= 15 is 0 Å². The molecule has 3 N–H and O–H groups in total. The summed E-state index contributed by atoms with van der Waals surface area (Å²) in [5, 5.41) is 15.3. The number of aliphatic carboxylic acids is 1. The molecule has 1 aliphatic rings. The van der Waals surface area contributed by atoms with Crippen LogP contribution in [0.3, 0.4) is 0 Å². The van der Waals surface area contributed by atoms with E-state index < -0.39 is 24.0 Å². The van der Waals surface area contributed by atoms with Gasteiger partial charge in [0.15, 0.2) is 0 Å². The summed E-state index contributed by atoms with van der Waals surface area (Å²) in [6, 6.07) is 16.7. The predicted octanol–water partition coefficient (Wildman–Crippen LogP) is 3.99. The first-order chi connectivity index (χ1) is 16.3. The highest BCUT2D eigenvalue weighted by Crippen LogP contribution is 2.33. The number of carbonyl (C=O) groups is 3. The van der Waals surface area contributed by atoms with Crippen LogP contribution >= 0.6 is 0 Å². The zero-order valence-electron chi connectivity index (χ0n) is 20.1. The number of benzene rings is 2. The Balaban J connectivity index is 1.69. The van der Waals surface area contributed by atoms with E-state index in [0.717, 1.165) is 36.8 Å². The minimum absolute atomic E-state index is 0.110. The maximum atomic E-state index is 13.2. The van der Waals surface area contributed by atoms with Crippen molar-refractivity contribution in [3.05, 3.63) is 71.8 Å². The van der Waals surface area contributed by atoms with Gasteiger partial charge >= 0.3 is 5.97 Å². The van der Waals surface area contributed by atoms with E-state index in [1.54, 1.807) is 0 Å². The number of rotatable bonds is 10. The highest BCUT2D eigenvalue weighted by atomic mass is 16.4. The molecule has 6 heteroatoms. The molecule has 0 radical (unpaired) electrons. The Morgan fingerprint density at radius 1 is 0.794 bits per heavy atom. The molecule has 0 spiro atoms. The van der Waals surface area contributed by atoms with Gasteiger partial charge in [-0.2, -0.15) is 0 Å². The second-order valence-corrected chi connectivity index (χ2v) is 9.70. The Kier molecular flexibility index (Phi) is 9.25. The standard InChI is InChI=1S/C28H36N2O4/c1-19(2)22-13-15-23(16-14-22)26(31)29-24(17-20-9-5-3-6-10-20)27(32)30-25(28(33)34)18-21-11-7-4-8-12-21/h3-12,19,22-25H,13-18H2,1-2H3,(H,29,31)(H,30,32)(H,33,34)/t22?,23?,24-,25?/m1/s1. The minimum atomic E-state index is -1.10. The van der Waals surface area contributed by atoms with Crippen molar-refractivity contribution >= 4 is 17.8 Å². The van der Waals surface area contributed by atoms with Crippen LogP contribution < -0.4 is 10.6 Å². The molecular weight excluding hydrogens is 428 g/mol. The summed E-state index contributed by atoms with van der Waals surface area (Å²) in [5.74, 6) is -0.556. The van der Waals surface area contributed by atoms with Crippen LogP contribution in [0.5, 0.6) is 0 Å². The van der Waals surface area contributed by atoms with Crippen molar-refractivity contribution in [2.75, 3.05) is 0 Å². The molecular formula is C28H36N2O4. The topological polar surface area (TPSA) is 95.5 Å². The molecule has 0 bridgehead atoms. The van der Waals surface area contributed by atoms with Crippen LogP contribution in [0, 0.1) is 17.8 Å². The molecule has 0 aromatic heterocycles. The van der Waals surface area contributed by atoms with Crippen molar-refractivity contribution in [2.24, 2.45) is 17.8 Å². The van der Waals surface area contributed by atoms with Gasteiger partial charge in [0.1, 0.15) is 12.1 Å². The van der Waals surface area contributed by atoms with Crippen LogP contribution in [0.15, 0.2) is 60.7 Å². The van der Waals surface area contributed by atoms with Crippen LogP contribution in [-0.2, 0) is 27.2 Å². The van der Waals surface area contributed by atoms with Crippen molar-refractivity contribution in [1.29, 1.82) is 0 Å². The third-order valence-electron chi connectivity index (χ3n) is 6.90. The molecule has 3 rings (SSSR count). The predicted molar refractivity (Wildman–Crippen MR) is 132 cm³/mol. The zero-order chi connectivity index (χ0) is 24.5. The average molecular weight is 465 g/mol. The smallest absolute Gasteiger partial charge is 0.326 e. The Labute approximate surface area is 202 Å². The third-order valence-corrected chi connectivity index (χ3v) is 6.90. The fourth-order valence-electron chi connectivity index (χ4n) is 4.72. The molecule has 0 heterocycles. The lowest BCUT2D eigenvalue weighted by molar-refractivity contribution is -0.142. The first kappa shape index (κ1) is 25.5. The fourth-order valence-corrected chi connectivity index (χ4v) is 4.72. The quantitative estimate of drug-likeness (QED) is 0.495. The Morgan fingerprint density at radius 2 is 1.29 bits per heavy atom. The number of carboxylic acids is 1. The molecule has 1 saturated carbocycles. The normalized spacial score (nSPS) is 19.7. The van der Waals surface area contributed by atoms with E-state index in [1.165, 1.54) is 0 Å². The highest BCUT2D eigenvalue weighted by Gasteiger charge is 2.32. The molecule has 1 unspecified atom stereocenters. The van der Waals surface area contributed by atoms with Gasteiger partial charge < -0.3 is 15.7 Å². The first-order valence-electron chi connectivity index (χ1n) is 12.2. The van der Waals surface area contributed by atoms with Gasteiger partial charge in [-0.1, -0.05) is 74.5 Å². The Hall–Kier alpha value is -3.15. The van der Waals surface area contributed by atoms with E-state index in [9.17, 15) is 19.5 Å². The second-order valence-electron chi connectivity index (χ2n) is 9.70. The van der Waals surface area contributed by atoms with Crippen LogP contribution in [0.2, 0.25) is 0 Å². The van der Waals surface area contributed by atoms with Gasteiger partial charge in [-0.05, 0) is 48.6 Å². The largest absolute Gasteiger partial charge is 0.480 e. The lowest BCUT2D eigenvalue weighted by Crippen LogP contribution is -2.54. The van der Waals surface area contributed by atoms with Gasteiger partial charge in [0, 0.05) is 18.8 Å². The van der Waals surface area contributed by atoms with E-state index in [1.807, 2.05) is 60.7 Å². The number of amides is 2. The van der Waals surface area contributed by atoms with Gasteiger partial charge in [-0.3, -0.25) is 9.59 Å². The molecule has 2 aromatic rings. The zero-order valence-corrected chi connectivity index (χ0v) is 20.1. The lowest BCUT2D eigenvalue weighted by Gasteiger charge is -2.31. The summed E-state index contributed by atoms with van der Waals surface area (Å²) in [7, 11) is 0. The molecule has 0 saturated heterocycles. The average Bonchev–Trinajstić information content (AvgIpc) is 2.84. The number of hydrogen-bond donors (Lipinski definition) is 3. The number of hydrogen-bond acceptors (Lipinski definition) is 3. The van der Waals surface area contributed by atoms with Gasteiger partial charge in [0.2, 0.25) is 11.8 Å². The fraction of sp³-hybridized carbons (Fsp3) is 0.464. The van der Waals surface area contributed by atoms with Crippen molar-refractivity contribution in [3.63, 3.8) is 0 Å². The molecule has 1 aliphatic carbocycles. The van der Waals surface area contributed by atoms with E-state index in [-0.39, 0.29) is 18.2 Å². The third kappa shape index (κ3) is 7.44. The van der Waals surface area contributed by atoms with Gasteiger partial charge in [-0.25, -0.2) is 4.79 Å². The summed E-state index contributed by atoms with van der Waals surface area (Å²) in [6.45, 7) is 4.44. The molecule has 1 fully saturated rings. The molecule has 34 heavy (non-hydrogen) atoms. The van der Waals surface area contributed by atoms with Crippen molar-refractivity contribution < 1.29 is 19.5 Å². The number of carbonyl (C=O) groups excluding carboxylic acids is 2. The SMILES string of the molecule is CC(C)C1CCC(C(=O)N[C@H](Cc2ccccc2)C(=O)NC(Cc2ccccc2)C(=O)O)CC1. The summed E-state index contributed by atoms with van der Waals surface area (Å²) >= 11 is 0. The van der Waals surface area contributed by atoms with Crippen LogP contribution in [-0.4, -0.2) is 35.0 Å². The molecule has 0 aliphatic heterocycles. The van der Waals surface area contributed by atoms with Gasteiger partial charge in [0.25, 0.3) is 0 Å². The van der Waals surface area contributed by atoms with Crippen LogP contribution in [0.4, 0.5) is 0 Å². The minimum Gasteiger partial charge on any atom is -0.480 e. The maximum absolute atomic E-state index is 13.2. The maximum Gasteiger partial charge on any atom is 0.326 e. The second kappa shape index (κ2) is 12.4. The van der Waals surface area contributed by atoms with Gasteiger partial charge in [0.05, 0.1) is 0 Å². The molecule has 2 aromatic carbocycles. The van der Waals surface area contributed by atoms with Crippen molar-refractivity contribution in [2.45, 2.75) is 64.5 Å². The van der Waals surface area contributed by atoms with Crippen LogP contribution in [0.25, 0.3) is 0 Å². The van der Waals surface area contributed by atoms with E-state index in [4.69, 9.17) is 0 Å². The van der Waals surface area contributed by atoms with Crippen LogP contribution in [0.1, 0.15) is 50.7 Å². The lowest BCUT2D eigenvalue weighted by atomic mass is 9.76. The van der Waals surface area contributed by atoms with E-state index in [2.05, 4.69) is 24.5 Å². The Bertz CT molecular complexity index is 937. The molecule has 6 nitrogen and oxygen atoms in total. The first-order valence-corrected chi connectivity index (χ1v) is 12.2. The molecule has 2 atom stereocenters. The summed E-state index contributed by atoms with van der Waals surface area (Å²) in [5.41, 5.74) is 1.72. The van der Waals surface area contributed by atoms with Crippen molar-refractivity contribution in [1.82, 2.24) is 10.6 Å². The van der Waals surface area contributed by atoms with Crippen molar-refractivity contribution in [3.8, 4) is 0 Å². The summed E-state index contributed by atoms with van der Waals surface area (Å²) < 4.78 is 0. The Morgan fingerprint density at radius 3 is 1.76 bits per heavy atom. The summed E-state index contributed by atoms with van der Waals surface area (Å²) in [6.07, 6.45) is 4.15. The molecule has 182 valence electrons. The number of nitrogens with one attached hydrogen (secondary N) is 2. The highest BCUT2D eigenvalue weighted by molar-refractivity contribution is 5.91. The number of carboxylic acid groups (broad SMARTS) is 1.